The van der Waals surface area contributed by atoms with Gasteiger partial charge in [-0.25, -0.2) is 0 Å². The number of methoxy groups -OCH3 is 1. The summed E-state index contributed by atoms with van der Waals surface area (Å²) in [6, 6.07) is 7.85. The molecule has 2 saturated heterocycles. The third kappa shape index (κ3) is 5.15. The molecule has 6 nitrogen and oxygen atoms in total. The summed E-state index contributed by atoms with van der Waals surface area (Å²) in [4.78, 5) is 30.3. The van der Waals surface area contributed by atoms with Gasteiger partial charge in [0.2, 0.25) is 5.91 Å². The minimum Gasteiger partial charge on any atom is -0.497 e. The van der Waals surface area contributed by atoms with E-state index in [9.17, 15) is 9.59 Å². The molecule has 0 aliphatic carbocycles. The number of carbonyl (C=O) groups is 2. The van der Waals surface area contributed by atoms with Crippen LogP contribution in [-0.2, 0) is 20.7 Å². The highest BCUT2D eigenvalue weighted by atomic mass is 16.5. The van der Waals surface area contributed by atoms with Crippen LogP contribution in [0.3, 0.4) is 0 Å². The van der Waals surface area contributed by atoms with Gasteiger partial charge in [0.15, 0.2) is 0 Å². The maximum atomic E-state index is 13.2. The van der Waals surface area contributed by atoms with E-state index in [1.165, 1.54) is 6.42 Å². The van der Waals surface area contributed by atoms with Crippen LogP contribution in [0.1, 0.15) is 51.0 Å². The van der Waals surface area contributed by atoms with Crippen LogP contribution < -0.4 is 4.74 Å². The Morgan fingerprint density at radius 2 is 1.77 bits per heavy atom. The molecule has 1 atom stereocenters. The van der Waals surface area contributed by atoms with Crippen molar-refractivity contribution in [1.29, 1.82) is 0 Å². The number of likely N-dealkylation sites (tertiary alicyclic amines) is 2. The van der Waals surface area contributed by atoms with Crippen molar-refractivity contribution in [2.45, 2.75) is 57.9 Å². The molecule has 2 fully saturated rings. The third-order valence-electron chi connectivity index (χ3n) is 6.75. The summed E-state index contributed by atoms with van der Waals surface area (Å²) in [6.07, 6.45) is 6.30. The molecule has 2 aliphatic heterocycles. The minimum atomic E-state index is -0.573. The molecule has 2 heterocycles. The van der Waals surface area contributed by atoms with Crippen molar-refractivity contribution in [1.82, 2.24) is 9.80 Å². The molecule has 166 valence electrons. The molecule has 30 heavy (non-hydrogen) atoms. The van der Waals surface area contributed by atoms with E-state index in [0.717, 1.165) is 37.1 Å². The number of likely N-dealkylation sites (N-methyl/N-ethyl adjacent to an activating group) is 1. The molecule has 0 saturated carbocycles. The van der Waals surface area contributed by atoms with Gasteiger partial charge in [0.1, 0.15) is 5.75 Å². The minimum absolute atomic E-state index is 0.0239. The number of carbonyl (C=O) groups excluding carboxylic acids is 2. The Balaban J connectivity index is 1.70. The van der Waals surface area contributed by atoms with E-state index in [1.54, 1.807) is 7.11 Å². The van der Waals surface area contributed by atoms with Crippen molar-refractivity contribution in [3.63, 3.8) is 0 Å². The lowest BCUT2D eigenvalue weighted by Gasteiger charge is -2.41. The highest BCUT2D eigenvalue weighted by Crippen LogP contribution is 2.37. The van der Waals surface area contributed by atoms with Gasteiger partial charge in [-0.05, 0) is 70.3 Å². The van der Waals surface area contributed by atoms with Gasteiger partial charge in [0, 0.05) is 13.1 Å². The molecule has 0 spiro atoms. The average molecular weight is 417 g/mol. The van der Waals surface area contributed by atoms with Crippen LogP contribution in [0.25, 0.3) is 0 Å². The van der Waals surface area contributed by atoms with Crippen LogP contribution in [0, 0.1) is 5.41 Å². The number of nitrogens with zero attached hydrogens (tertiary/aromatic N) is 2. The first-order chi connectivity index (χ1) is 14.5. The van der Waals surface area contributed by atoms with Crippen LogP contribution in [0.5, 0.6) is 5.75 Å². The standard InChI is InChI=1S/C24H36N2O4/c1-4-30-23(28)24(18-19-9-11-20(29-3)12-10-19)13-16-26(17-14-24)22(27)21-8-6-5-7-15-25(21)2/h9-12,21H,4-8,13-18H2,1-3H3/t21-/m0/s1. The Morgan fingerprint density at radius 3 is 2.40 bits per heavy atom. The summed E-state index contributed by atoms with van der Waals surface area (Å²) in [6.45, 7) is 4.42. The fourth-order valence-corrected chi connectivity index (χ4v) is 4.80. The summed E-state index contributed by atoms with van der Waals surface area (Å²) in [5.41, 5.74) is 0.517. The number of piperidine rings is 1. The Morgan fingerprint density at radius 1 is 1.07 bits per heavy atom. The topological polar surface area (TPSA) is 59.1 Å². The normalized spacial score (nSPS) is 22.2. The number of esters is 1. The van der Waals surface area contributed by atoms with Gasteiger partial charge in [0.05, 0.1) is 25.2 Å². The highest BCUT2D eigenvalue weighted by Gasteiger charge is 2.44. The maximum Gasteiger partial charge on any atom is 0.312 e. The number of amides is 1. The Labute approximate surface area is 180 Å². The first-order valence-corrected chi connectivity index (χ1v) is 11.3. The molecular formula is C24H36N2O4. The predicted molar refractivity (Wildman–Crippen MR) is 116 cm³/mol. The summed E-state index contributed by atoms with van der Waals surface area (Å²) in [5.74, 6) is 0.887. The first kappa shape index (κ1) is 22.6. The van der Waals surface area contributed by atoms with Gasteiger partial charge in [-0.3, -0.25) is 14.5 Å². The SMILES string of the molecule is CCOC(=O)C1(Cc2ccc(OC)cc2)CCN(C(=O)[C@@H]2CCCCCN2C)CC1. The predicted octanol–water partition coefficient (Wildman–Crippen LogP) is 3.28. The molecule has 6 heteroatoms. The Bertz CT molecular complexity index is 710. The van der Waals surface area contributed by atoms with E-state index < -0.39 is 5.41 Å². The van der Waals surface area contributed by atoms with Crippen molar-refractivity contribution in [2.75, 3.05) is 40.4 Å². The van der Waals surface area contributed by atoms with E-state index in [-0.39, 0.29) is 17.9 Å². The van der Waals surface area contributed by atoms with Crippen LogP contribution in [0.4, 0.5) is 0 Å². The van der Waals surface area contributed by atoms with Crippen molar-refractivity contribution in [3.8, 4) is 5.75 Å². The van der Waals surface area contributed by atoms with Crippen LogP contribution in [0.15, 0.2) is 24.3 Å². The summed E-state index contributed by atoms with van der Waals surface area (Å²) in [5, 5.41) is 0. The zero-order chi connectivity index (χ0) is 21.6. The first-order valence-electron chi connectivity index (χ1n) is 11.3. The van der Waals surface area contributed by atoms with E-state index in [4.69, 9.17) is 9.47 Å². The van der Waals surface area contributed by atoms with Gasteiger partial charge >= 0.3 is 5.97 Å². The van der Waals surface area contributed by atoms with E-state index >= 15 is 0 Å². The van der Waals surface area contributed by atoms with Crippen molar-refractivity contribution >= 4 is 11.9 Å². The second-order valence-electron chi connectivity index (χ2n) is 8.70. The van der Waals surface area contributed by atoms with E-state index in [1.807, 2.05) is 36.1 Å². The van der Waals surface area contributed by atoms with Crippen LogP contribution in [-0.4, -0.2) is 68.1 Å². The van der Waals surface area contributed by atoms with Gasteiger partial charge in [-0.2, -0.15) is 0 Å². The highest BCUT2D eigenvalue weighted by molar-refractivity contribution is 5.83. The molecule has 2 aliphatic rings. The summed E-state index contributed by atoms with van der Waals surface area (Å²) >= 11 is 0. The van der Waals surface area contributed by atoms with Crippen molar-refractivity contribution in [3.05, 3.63) is 29.8 Å². The molecule has 0 bridgehead atoms. The molecule has 3 rings (SSSR count). The zero-order valence-electron chi connectivity index (χ0n) is 18.7. The van der Waals surface area contributed by atoms with E-state index in [0.29, 0.717) is 39.0 Å². The number of hydrogen-bond donors (Lipinski definition) is 0. The third-order valence-corrected chi connectivity index (χ3v) is 6.75. The lowest BCUT2D eigenvalue weighted by molar-refractivity contribution is -0.161. The van der Waals surface area contributed by atoms with Crippen molar-refractivity contribution < 1.29 is 19.1 Å². The van der Waals surface area contributed by atoms with Crippen molar-refractivity contribution in [2.24, 2.45) is 5.41 Å². The summed E-state index contributed by atoms with van der Waals surface area (Å²) < 4.78 is 10.7. The fourth-order valence-electron chi connectivity index (χ4n) is 4.80. The number of ether oxygens (including phenoxy) is 2. The van der Waals surface area contributed by atoms with Gasteiger partial charge in [-0.1, -0.05) is 25.0 Å². The second kappa shape index (κ2) is 10.3. The average Bonchev–Trinajstić information content (AvgIpc) is 2.98. The lowest BCUT2D eigenvalue weighted by Crippen LogP contribution is -2.53. The Hall–Kier alpha value is -2.08. The smallest absolute Gasteiger partial charge is 0.312 e. The molecule has 0 N–H and O–H groups in total. The largest absolute Gasteiger partial charge is 0.497 e. The lowest BCUT2D eigenvalue weighted by atomic mass is 9.73. The second-order valence-corrected chi connectivity index (χ2v) is 8.70. The molecular weight excluding hydrogens is 380 g/mol. The monoisotopic (exact) mass is 416 g/mol. The van der Waals surface area contributed by atoms with E-state index in [2.05, 4.69) is 11.9 Å². The van der Waals surface area contributed by atoms with Crippen LogP contribution >= 0.6 is 0 Å². The molecule has 0 unspecified atom stereocenters. The summed E-state index contributed by atoms with van der Waals surface area (Å²) in [7, 11) is 3.71. The molecule has 0 aromatic heterocycles. The fraction of sp³-hybridized carbons (Fsp3) is 0.667. The van der Waals surface area contributed by atoms with Gasteiger partial charge < -0.3 is 14.4 Å². The maximum absolute atomic E-state index is 13.2. The number of benzene rings is 1. The number of hydrogen-bond acceptors (Lipinski definition) is 5. The molecule has 1 aromatic rings. The molecule has 1 amide bonds. The quantitative estimate of drug-likeness (QED) is 0.666. The zero-order valence-corrected chi connectivity index (χ0v) is 18.7. The van der Waals surface area contributed by atoms with Gasteiger partial charge in [0.25, 0.3) is 0 Å². The molecule has 0 radical (unpaired) electrons. The van der Waals surface area contributed by atoms with Crippen LogP contribution in [0.2, 0.25) is 0 Å². The number of rotatable bonds is 6. The Kier molecular flexibility index (Phi) is 7.75. The van der Waals surface area contributed by atoms with Gasteiger partial charge in [-0.15, -0.1) is 0 Å². The molecule has 1 aromatic carbocycles.